The summed E-state index contributed by atoms with van der Waals surface area (Å²) in [7, 11) is 0. The van der Waals surface area contributed by atoms with Crippen LogP contribution in [0.1, 0.15) is 284 Å². The number of ether oxygens (including phenoxy) is 1. The van der Waals surface area contributed by atoms with Gasteiger partial charge in [-0.3, -0.25) is 9.59 Å². The van der Waals surface area contributed by atoms with Crippen LogP contribution in [0.2, 0.25) is 0 Å². The first kappa shape index (κ1) is 60.1. The van der Waals surface area contributed by atoms with Crippen molar-refractivity contribution in [3.63, 3.8) is 0 Å². The molecule has 0 saturated heterocycles. The van der Waals surface area contributed by atoms with Gasteiger partial charge in [0.15, 0.2) is 0 Å². The lowest BCUT2D eigenvalue weighted by atomic mass is 10.0. The van der Waals surface area contributed by atoms with Crippen LogP contribution in [0, 0.1) is 0 Å². The lowest BCUT2D eigenvalue weighted by molar-refractivity contribution is -0.151. The minimum absolute atomic E-state index is 0.0671. The fourth-order valence-electron chi connectivity index (χ4n) is 8.35. The van der Waals surface area contributed by atoms with Crippen LogP contribution in [0.4, 0.5) is 0 Å². The SMILES string of the molecule is CC/C=C/C/C=C/CCCCCCCC(CC(=O)NC(CO)C(O)CCCCCCCCCCCCCCC)OC(=O)CCCCCCC/C=C/CCCCCCCCCCC. The van der Waals surface area contributed by atoms with Crippen molar-refractivity contribution in [2.24, 2.45) is 0 Å². The van der Waals surface area contributed by atoms with Gasteiger partial charge < -0.3 is 20.3 Å². The van der Waals surface area contributed by atoms with Gasteiger partial charge in [-0.25, -0.2) is 0 Å². The molecule has 0 aromatic rings. The first-order valence-corrected chi connectivity index (χ1v) is 27.2. The minimum atomic E-state index is -0.791. The van der Waals surface area contributed by atoms with E-state index in [2.05, 4.69) is 62.5 Å². The van der Waals surface area contributed by atoms with E-state index in [1.165, 1.54) is 154 Å². The molecule has 0 heterocycles. The van der Waals surface area contributed by atoms with E-state index >= 15 is 0 Å². The highest BCUT2D eigenvalue weighted by molar-refractivity contribution is 5.77. The molecular weight excluding hydrogens is 767 g/mol. The number of nitrogens with one attached hydrogen (secondary N) is 1. The molecule has 0 aliphatic rings. The predicted octanol–water partition coefficient (Wildman–Crippen LogP) is 16.5. The summed E-state index contributed by atoms with van der Waals surface area (Å²) in [5, 5.41) is 23.8. The third kappa shape index (κ3) is 44.7. The maximum Gasteiger partial charge on any atom is 0.306 e. The molecule has 0 fully saturated rings. The Morgan fingerprint density at radius 2 is 0.871 bits per heavy atom. The van der Waals surface area contributed by atoms with E-state index in [1.54, 1.807) is 0 Å². The zero-order chi connectivity index (χ0) is 45.2. The summed E-state index contributed by atoms with van der Waals surface area (Å²) in [6.07, 6.45) is 59.2. The lowest BCUT2D eigenvalue weighted by Crippen LogP contribution is -2.46. The number of amides is 1. The lowest BCUT2D eigenvalue weighted by Gasteiger charge is -2.24. The summed E-state index contributed by atoms with van der Waals surface area (Å²) in [5.74, 6) is -0.488. The molecule has 0 rings (SSSR count). The van der Waals surface area contributed by atoms with E-state index in [0.717, 1.165) is 83.5 Å². The second kappa shape index (κ2) is 50.1. The van der Waals surface area contributed by atoms with Gasteiger partial charge in [0.05, 0.1) is 25.2 Å². The molecule has 62 heavy (non-hydrogen) atoms. The minimum Gasteiger partial charge on any atom is -0.462 e. The Balaban J connectivity index is 4.52. The molecule has 0 aliphatic carbocycles. The molecule has 6 nitrogen and oxygen atoms in total. The summed E-state index contributed by atoms with van der Waals surface area (Å²) >= 11 is 0. The monoisotopic (exact) mass is 872 g/mol. The van der Waals surface area contributed by atoms with Crippen LogP contribution in [-0.2, 0) is 14.3 Å². The van der Waals surface area contributed by atoms with Crippen LogP contribution >= 0.6 is 0 Å². The second-order valence-electron chi connectivity index (χ2n) is 18.6. The average molecular weight is 872 g/mol. The van der Waals surface area contributed by atoms with Crippen molar-refractivity contribution in [1.29, 1.82) is 0 Å². The Kier molecular flexibility index (Phi) is 48.5. The van der Waals surface area contributed by atoms with Crippen LogP contribution in [0.15, 0.2) is 36.5 Å². The van der Waals surface area contributed by atoms with Gasteiger partial charge in [0.25, 0.3) is 0 Å². The van der Waals surface area contributed by atoms with Gasteiger partial charge in [0, 0.05) is 6.42 Å². The summed E-state index contributed by atoms with van der Waals surface area (Å²) in [6.45, 7) is 6.39. The molecule has 0 bridgehead atoms. The predicted molar refractivity (Wildman–Crippen MR) is 269 cm³/mol. The second-order valence-corrected chi connectivity index (χ2v) is 18.6. The maximum absolute atomic E-state index is 13.2. The number of hydrogen-bond donors (Lipinski definition) is 3. The quantitative estimate of drug-likeness (QED) is 0.0321. The number of rotatable bonds is 49. The van der Waals surface area contributed by atoms with Crippen molar-refractivity contribution in [2.75, 3.05) is 6.61 Å². The van der Waals surface area contributed by atoms with Crippen LogP contribution in [0.5, 0.6) is 0 Å². The van der Waals surface area contributed by atoms with Gasteiger partial charge in [-0.15, -0.1) is 0 Å². The molecule has 0 aliphatic heterocycles. The van der Waals surface area contributed by atoms with E-state index < -0.39 is 18.2 Å². The summed E-state index contributed by atoms with van der Waals surface area (Å²) < 4.78 is 5.93. The largest absolute Gasteiger partial charge is 0.462 e. The van der Waals surface area contributed by atoms with E-state index in [1.807, 2.05) is 0 Å². The number of esters is 1. The van der Waals surface area contributed by atoms with Gasteiger partial charge in [0.2, 0.25) is 5.91 Å². The normalized spacial score (nSPS) is 13.4. The number of aliphatic hydroxyl groups is 2. The maximum atomic E-state index is 13.2. The fourth-order valence-corrected chi connectivity index (χ4v) is 8.35. The van der Waals surface area contributed by atoms with Gasteiger partial charge in [-0.2, -0.15) is 0 Å². The molecule has 6 heteroatoms. The van der Waals surface area contributed by atoms with E-state index in [9.17, 15) is 19.8 Å². The molecule has 0 spiro atoms. The van der Waals surface area contributed by atoms with E-state index in [0.29, 0.717) is 19.3 Å². The van der Waals surface area contributed by atoms with E-state index in [-0.39, 0.29) is 24.9 Å². The Labute approximate surface area is 385 Å². The van der Waals surface area contributed by atoms with Crippen molar-refractivity contribution in [3.8, 4) is 0 Å². The third-order valence-electron chi connectivity index (χ3n) is 12.5. The summed E-state index contributed by atoms with van der Waals surface area (Å²) in [5.41, 5.74) is 0. The van der Waals surface area contributed by atoms with Gasteiger partial charge in [-0.05, 0) is 77.0 Å². The number of hydrogen-bond acceptors (Lipinski definition) is 5. The molecule has 3 atom stereocenters. The van der Waals surface area contributed by atoms with Gasteiger partial charge >= 0.3 is 5.97 Å². The van der Waals surface area contributed by atoms with Crippen molar-refractivity contribution in [2.45, 2.75) is 302 Å². The number of carbonyl (C=O) groups excluding carboxylic acids is 2. The number of aliphatic hydroxyl groups excluding tert-OH is 2. The summed E-state index contributed by atoms with van der Waals surface area (Å²) in [4.78, 5) is 26.2. The molecule has 0 radical (unpaired) electrons. The van der Waals surface area contributed by atoms with Crippen molar-refractivity contribution in [3.05, 3.63) is 36.5 Å². The Hall–Kier alpha value is -1.92. The highest BCUT2D eigenvalue weighted by atomic mass is 16.5. The van der Waals surface area contributed by atoms with Crippen LogP contribution < -0.4 is 5.32 Å². The summed E-state index contributed by atoms with van der Waals surface area (Å²) in [6, 6.07) is -0.705. The number of carbonyl (C=O) groups is 2. The van der Waals surface area contributed by atoms with Crippen molar-refractivity contribution >= 4 is 11.9 Å². The molecule has 1 amide bonds. The highest BCUT2D eigenvalue weighted by Crippen LogP contribution is 2.18. The van der Waals surface area contributed by atoms with Crippen molar-refractivity contribution < 1.29 is 24.5 Å². The Morgan fingerprint density at radius 3 is 1.32 bits per heavy atom. The number of allylic oxidation sites excluding steroid dienone is 6. The highest BCUT2D eigenvalue weighted by Gasteiger charge is 2.24. The standard InChI is InChI=1S/C56H105NO5/c1-4-7-10-13-16-19-22-25-26-27-28-29-31-34-37-40-43-46-49-56(61)62-52(47-44-41-38-35-32-24-21-18-15-12-9-6-3)50-55(60)57-53(51-58)54(59)48-45-42-39-36-33-30-23-20-17-14-11-8-5-2/h9,12,18,21,28-29,52-54,58-59H,4-8,10-11,13-17,19-20,22-27,30-51H2,1-3H3,(H,57,60)/b12-9+,21-18+,29-28+. The first-order valence-electron chi connectivity index (χ1n) is 27.2. The van der Waals surface area contributed by atoms with Gasteiger partial charge in [0.1, 0.15) is 6.10 Å². The Bertz CT molecular complexity index is 1020. The van der Waals surface area contributed by atoms with Crippen LogP contribution in [0.25, 0.3) is 0 Å². The first-order chi connectivity index (χ1) is 30.5. The smallest absolute Gasteiger partial charge is 0.306 e. The zero-order valence-electron chi connectivity index (χ0n) is 41.5. The molecule has 0 aromatic carbocycles. The van der Waals surface area contributed by atoms with Crippen molar-refractivity contribution in [1.82, 2.24) is 5.32 Å². The van der Waals surface area contributed by atoms with E-state index in [4.69, 9.17) is 4.74 Å². The average Bonchev–Trinajstić information content (AvgIpc) is 3.26. The Morgan fingerprint density at radius 1 is 0.484 bits per heavy atom. The molecule has 364 valence electrons. The molecule has 3 unspecified atom stereocenters. The molecule has 3 N–H and O–H groups in total. The molecular formula is C56H105NO5. The fraction of sp³-hybridized carbons (Fsp3) is 0.857. The molecule has 0 aromatic heterocycles. The molecule has 0 saturated carbocycles. The number of unbranched alkanes of at least 4 members (excludes halogenated alkanes) is 31. The third-order valence-corrected chi connectivity index (χ3v) is 12.5. The van der Waals surface area contributed by atoms with Gasteiger partial charge in [-0.1, -0.05) is 231 Å². The topological polar surface area (TPSA) is 95.9 Å². The zero-order valence-corrected chi connectivity index (χ0v) is 41.5. The van der Waals surface area contributed by atoms with Crippen LogP contribution in [-0.4, -0.2) is 46.9 Å². The van der Waals surface area contributed by atoms with Crippen LogP contribution in [0.3, 0.4) is 0 Å².